The quantitative estimate of drug-likeness (QED) is 0.313. The van der Waals surface area contributed by atoms with Crippen molar-refractivity contribution in [1.82, 2.24) is 0 Å². The van der Waals surface area contributed by atoms with Crippen LogP contribution >= 0.6 is 0 Å². The lowest BCUT2D eigenvalue weighted by Gasteiger charge is -2.14. The largest absolute Gasteiger partial charge is 0.497 e. The van der Waals surface area contributed by atoms with Crippen LogP contribution in [-0.4, -0.2) is 51.1 Å². The molecule has 2 aromatic carbocycles. The number of ether oxygens (including phenoxy) is 3. The molecule has 0 saturated heterocycles. The topological polar surface area (TPSA) is 123 Å². The van der Waals surface area contributed by atoms with Gasteiger partial charge in [-0.3, -0.25) is 4.55 Å². The first-order valence-electron chi connectivity index (χ1n) is 8.98. The Hall–Kier alpha value is -3.11. The van der Waals surface area contributed by atoms with E-state index < -0.39 is 21.8 Å². The van der Waals surface area contributed by atoms with E-state index in [2.05, 4.69) is 0 Å². The Bertz CT molecular complexity index is 1240. The van der Waals surface area contributed by atoms with Crippen molar-refractivity contribution in [2.24, 2.45) is 0 Å². The van der Waals surface area contributed by atoms with Gasteiger partial charge in [0.25, 0.3) is 15.6 Å². The van der Waals surface area contributed by atoms with Crippen LogP contribution in [0.3, 0.4) is 0 Å². The van der Waals surface area contributed by atoms with Gasteiger partial charge < -0.3 is 19.3 Å². The van der Waals surface area contributed by atoms with Crippen LogP contribution in [-0.2, 0) is 16.7 Å². The molecule has 10 heteroatoms. The molecule has 0 amide bonds. The van der Waals surface area contributed by atoms with Crippen molar-refractivity contribution in [2.45, 2.75) is 13.0 Å². The molecule has 30 heavy (non-hydrogen) atoms. The number of benzene rings is 2. The number of aromatic nitrogens is 1. The van der Waals surface area contributed by atoms with Gasteiger partial charge in [0.2, 0.25) is 5.52 Å². The normalized spacial score (nSPS) is 11.6. The molecule has 0 fully saturated rings. The van der Waals surface area contributed by atoms with Gasteiger partial charge in [-0.25, -0.2) is 4.79 Å². The number of nitrogens with zero attached hydrogens (tertiary/aromatic N) is 1. The Kier molecular flexibility index (Phi) is 5.99. The molecule has 0 unspecified atom stereocenters. The third kappa shape index (κ3) is 4.10. The second-order valence-electron chi connectivity index (χ2n) is 6.58. The summed E-state index contributed by atoms with van der Waals surface area (Å²) in [5, 5.41) is 10.8. The van der Waals surface area contributed by atoms with E-state index in [-0.39, 0.29) is 18.5 Å². The highest BCUT2D eigenvalue weighted by molar-refractivity contribution is 7.85. The maximum atomic E-state index is 12.2. The lowest BCUT2D eigenvalue weighted by atomic mass is 10.0. The highest BCUT2D eigenvalue weighted by atomic mass is 32.2. The fourth-order valence-corrected chi connectivity index (χ4v) is 4.03. The van der Waals surface area contributed by atoms with Crippen molar-refractivity contribution in [3.63, 3.8) is 0 Å². The standard InChI is InChI=1S/C20H21NO8S/c1-27-12-5-6-16-14(9-12)18(20(22)23)15-10-13(28-2)11-17(29-3)19(15)21(16)7-4-8-30(24,25)26/h5-6,9-11H,4,7-8H2,1-3H3,(H-,22,23,24,25,26)/p+1. The van der Waals surface area contributed by atoms with Crippen molar-refractivity contribution in [2.75, 3.05) is 27.1 Å². The summed E-state index contributed by atoms with van der Waals surface area (Å²) in [5.41, 5.74) is 1.07. The predicted octanol–water partition coefficient (Wildman–Crippen LogP) is 2.28. The highest BCUT2D eigenvalue weighted by Crippen LogP contribution is 2.35. The molecule has 9 nitrogen and oxygen atoms in total. The van der Waals surface area contributed by atoms with E-state index in [9.17, 15) is 18.3 Å². The Morgan fingerprint density at radius 3 is 2.23 bits per heavy atom. The fourth-order valence-electron chi connectivity index (χ4n) is 3.54. The first kappa shape index (κ1) is 21.6. The molecule has 0 bridgehead atoms. The molecule has 0 aliphatic heterocycles. The predicted molar refractivity (Wildman–Crippen MR) is 109 cm³/mol. The molecule has 0 radical (unpaired) electrons. The van der Waals surface area contributed by atoms with Crippen LogP contribution in [0.15, 0.2) is 30.3 Å². The van der Waals surface area contributed by atoms with Crippen molar-refractivity contribution < 1.29 is 41.6 Å². The lowest BCUT2D eigenvalue weighted by Crippen LogP contribution is -2.37. The Balaban J connectivity index is 2.45. The van der Waals surface area contributed by atoms with Gasteiger partial charge in [0.05, 0.1) is 43.4 Å². The molecule has 1 heterocycles. The van der Waals surface area contributed by atoms with Gasteiger partial charge in [0.15, 0.2) is 12.3 Å². The number of carboxylic acid groups (broad SMARTS) is 1. The van der Waals surface area contributed by atoms with Gasteiger partial charge in [-0.2, -0.15) is 13.0 Å². The molecule has 3 aromatic rings. The molecule has 0 aliphatic rings. The van der Waals surface area contributed by atoms with E-state index >= 15 is 0 Å². The molecule has 0 spiro atoms. The van der Waals surface area contributed by atoms with Gasteiger partial charge >= 0.3 is 5.97 Å². The molecule has 0 atom stereocenters. The third-order valence-electron chi connectivity index (χ3n) is 4.81. The van der Waals surface area contributed by atoms with Crippen LogP contribution in [0.25, 0.3) is 21.8 Å². The van der Waals surface area contributed by atoms with Gasteiger partial charge in [0, 0.05) is 18.6 Å². The zero-order valence-corrected chi connectivity index (χ0v) is 17.5. The number of methoxy groups -OCH3 is 3. The summed E-state index contributed by atoms with van der Waals surface area (Å²) in [6, 6.07) is 8.23. The van der Waals surface area contributed by atoms with Crippen molar-refractivity contribution in [3.05, 3.63) is 35.9 Å². The first-order chi connectivity index (χ1) is 14.2. The smallest absolute Gasteiger partial charge is 0.337 e. The molecule has 160 valence electrons. The summed E-state index contributed by atoms with van der Waals surface area (Å²) >= 11 is 0. The van der Waals surface area contributed by atoms with Crippen LogP contribution in [0.4, 0.5) is 0 Å². The first-order valence-corrected chi connectivity index (χ1v) is 10.6. The number of rotatable bonds is 8. The number of carbonyl (C=O) groups is 1. The van der Waals surface area contributed by atoms with E-state index in [0.717, 1.165) is 0 Å². The minimum absolute atomic E-state index is 0.0436. The van der Waals surface area contributed by atoms with Gasteiger partial charge in [-0.1, -0.05) is 0 Å². The summed E-state index contributed by atoms with van der Waals surface area (Å²) in [5.74, 6) is -0.314. The van der Waals surface area contributed by atoms with E-state index in [1.54, 1.807) is 34.9 Å². The van der Waals surface area contributed by atoms with Crippen LogP contribution in [0, 0.1) is 0 Å². The Morgan fingerprint density at radius 2 is 1.67 bits per heavy atom. The fraction of sp³-hybridized carbons (Fsp3) is 0.300. The minimum atomic E-state index is -4.14. The second kappa shape index (κ2) is 8.33. The summed E-state index contributed by atoms with van der Waals surface area (Å²) in [7, 11) is 0.260. The summed E-state index contributed by atoms with van der Waals surface area (Å²) in [6.07, 6.45) is 0.112. The van der Waals surface area contributed by atoms with Gasteiger partial charge in [-0.05, 0) is 18.2 Å². The summed E-state index contributed by atoms with van der Waals surface area (Å²) in [4.78, 5) is 12.2. The summed E-state index contributed by atoms with van der Waals surface area (Å²) < 4.78 is 49.3. The molecule has 2 N–H and O–H groups in total. The number of carboxylic acids is 1. The molecule has 3 rings (SSSR count). The highest BCUT2D eigenvalue weighted by Gasteiger charge is 2.28. The Morgan fingerprint density at radius 1 is 1.00 bits per heavy atom. The zero-order valence-electron chi connectivity index (χ0n) is 16.7. The number of aryl methyl sites for hydroxylation is 1. The SMILES string of the molecule is COc1ccc2c(c1)c(C(=O)O)c1cc(OC)cc(OC)c1[n+]2CCCS(=O)(=O)O. The number of hydrogen-bond donors (Lipinski definition) is 2. The van der Waals surface area contributed by atoms with Gasteiger partial charge in [-0.15, -0.1) is 0 Å². The molecule has 0 aliphatic carbocycles. The van der Waals surface area contributed by atoms with E-state index in [1.165, 1.54) is 21.3 Å². The molecular formula is C20H22NO8S+. The van der Waals surface area contributed by atoms with E-state index in [0.29, 0.717) is 39.1 Å². The number of hydrogen-bond acceptors (Lipinski definition) is 6. The van der Waals surface area contributed by atoms with Crippen molar-refractivity contribution >= 4 is 37.9 Å². The third-order valence-corrected chi connectivity index (χ3v) is 5.61. The number of fused-ring (bicyclic) bond motifs is 2. The average molecular weight is 436 g/mol. The molecule has 0 saturated carbocycles. The van der Waals surface area contributed by atoms with Crippen molar-refractivity contribution in [1.29, 1.82) is 0 Å². The molecular weight excluding hydrogens is 414 g/mol. The maximum Gasteiger partial charge on any atom is 0.337 e. The van der Waals surface area contributed by atoms with E-state index in [4.69, 9.17) is 18.8 Å². The van der Waals surface area contributed by atoms with Crippen LogP contribution in [0.2, 0.25) is 0 Å². The van der Waals surface area contributed by atoms with Crippen LogP contribution < -0.4 is 18.8 Å². The zero-order chi connectivity index (χ0) is 22.1. The van der Waals surface area contributed by atoms with Crippen LogP contribution in [0.5, 0.6) is 17.2 Å². The Labute approximate surface area is 173 Å². The molecule has 1 aromatic heterocycles. The summed E-state index contributed by atoms with van der Waals surface area (Å²) in [6.45, 7) is 0.196. The average Bonchev–Trinajstić information content (AvgIpc) is 2.70. The van der Waals surface area contributed by atoms with Crippen molar-refractivity contribution in [3.8, 4) is 17.2 Å². The monoisotopic (exact) mass is 436 g/mol. The second-order valence-corrected chi connectivity index (χ2v) is 8.15. The minimum Gasteiger partial charge on any atom is -0.497 e. The lowest BCUT2D eigenvalue weighted by molar-refractivity contribution is -0.645. The number of aromatic carboxylic acids is 1. The maximum absolute atomic E-state index is 12.2. The van der Waals surface area contributed by atoms with E-state index in [1.807, 2.05) is 0 Å². The van der Waals surface area contributed by atoms with Gasteiger partial charge in [0.1, 0.15) is 11.5 Å². The number of pyridine rings is 1. The van der Waals surface area contributed by atoms with Crippen LogP contribution in [0.1, 0.15) is 16.8 Å².